The van der Waals surface area contributed by atoms with Crippen LogP contribution in [0.3, 0.4) is 0 Å². The minimum Gasteiger partial charge on any atom is -0.487 e. The summed E-state index contributed by atoms with van der Waals surface area (Å²) in [6.45, 7) is 2.76. The van der Waals surface area contributed by atoms with Crippen LogP contribution in [-0.4, -0.2) is 0 Å². The second-order valence-electron chi connectivity index (χ2n) is 6.02. The zero-order valence-electron chi connectivity index (χ0n) is 14.2. The monoisotopic (exact) mass is 389 g/mol. The van der Waals surface area contributed by atoms with E-state index in [1.54, 1.807) is 18.2 Å². The van der Waals surface area contributed by atoms with Gasteiger partial charge in [-0.25, -0.2) is 4.39 Å². The van der Waals surface area contributed by atoms with Gasteiger partial charge < -0.3 is 10.1 Å². The van der Waals surface area contributed by atoms with E-state index in [0.717, 1.165) is 16.8 Å². The van der Waals surface area contributed by atoms with E-state index < -0.39 is 0 Å². The molecular weight excluding hydrogens is 372 g/mol. The summed E-state index contributed by atoms with van der Waals surface area (Å²) in [5.74, 6) is 0.245. The Hall–Kier alpha value is -2.23. The summed E-state index contributed by atoms with van der Waals surface area (Å²) in [7, 11) is 0. The number of nitrogens with one attached hydrogen (secondary N) is 1. The van der Waals surface area contributed by atoms with Gasteiger partial charge in [0.25, 0.3) is 0 Å². The number of benzene rings is 3. The molecule has 0 atom stereocenters. The molecule has 0 saturated carbocycles. The molecule has 2 nitrogen and oxygen atoms in total. The van der Waals surface area contributed by atoms with Crippen LogP contribution < -0.4 is 10.1 Å². The first kappa shape index (κ1) is 18.6. The highest BCUT2D eigenvalue weighted by Gasteiger charge is 2.12. The number of hydrogen-bond acceptors (Lipinski definition) is 2. The summed E-state index contributed by atoms with van der Waals surface area (Å²) in [6.07, 6.45) is 0. The molecule has 0 aliphatic carbocycles. The Morgan fingerprint density at radius 1 is 1.00 bits per heavy atom. The Morgan fingerprint density at radius 3 is 2.58 bits per heavy atom. The second kappa shape index (κ2) is 8.43. The molecule has 1 N–H and O–H groups in total. The molecule has 5 heteroatoms. The van der Waals surface area contributed by atoms with Crippen LogP contribution in [0.25, 0.3) is 0 Å². The van der Waals surface area contributed by atoms with Gasteiger partial charge in [-0.2, -0.15) is 0 Å². The van der Waals surface area contributed by atoms with Crippen molar-refractivity contribution in [2.75, 3.05) is 5.32 Å². The molecule has 0 spiro atoms. The maximum atomic E-state index is 13.3. The lowest BCUT2D eigenvalue weighted by molar-refractivity contribution is 0.303. The fourth-order valence-corrected chi connectivity index (χ4v) is 3.23. The molecule has 3 aromatic rings. The molecule has 3 rings (SSSR count). The van der Waals surface area contributed by atoms with E-state index in [9.17, 15) is 4.39 Å². The largest absolute Gasteiger partial charge is 0.487 e. The molecule has 0 aliphatic rings. The molecule has 26 heavy (non-hydrogen) atoms. The summed E-state index contributed by atoms with van der Waals surface area (Å²) in [6, 6.07) is 17.8. The maximum Gasteiger partial charge on any atom is 0.143 e. The number of aryl methyl sites for hydroxylation is 1. The van der Waals surface area contributed by atoms with E-state index >= 15 is 0 Å². The van der Waals surface area contributed by atoms with Gasteiger partial charge in [0, 0.05) is 22.8 Å². The van der Waals surface area contributed by atoms with Gasteiger partial charge in [-0.15, -0.1) is 0 Å². The van der Waals surface area contributed by atoms with Crippen molar-refractivity contribution in [1.29, 1.82) is 0 Å². The van der Waals surface area contributed by atoms with Crippen LogP contribution in [-0.2, 0) is 13.2 Å². The molecule has 0 radical (unpaired) electrons. The zero-order chi connectivity index (χ0) is 18.5. The van der Waals surface area contributed by atoms with Crippen molar-refractivity contribution in [2.45, 2.75) is 20.1 Å². The number of hydrogen-bond donors (Lipinski definition) is 1. The normalized spacial score (nSPS) is 10.6. The van der Waals surface area contributed by atoms with E-state index in [0.29, 0.717) is 22.3 Å². The topological polar surface area (TPSA) is 21.3 Å². The summed E-state index contributed by atoms with van der Waals surface area (Å²) in [5.41, 5.74) is 3.73. The van der Waals surface area contributed by atoms with Gasteiger partial charge in [-0.3, -0.25) is 0 Å². The molecule has 0 fully saturated rings. The van der Waals surface area contributed by atoms with Crippen LogP contribution in [0.1, 0.15) is 16.7 Å². The zero-order valence-corrected chi connectivity index (χ0v) is 15.7. The SMILES string of the molecule is Cc1cccc(NCc2cc(Cl)cc(Cl)c2OCc2cccc(F)c2)c1. The number of rotatable bonds is 6. The predicted octanol–water partition coefficient (Wildman–Crippen LogP) is 6.63. The highest BCUT2D eigenvalue weighted by atomic mass is 35.5. The molecule has 0 amide bonds. The van der Waals surface area contributed by atoms with Crippen LogP contribution in [0.5, 0.6) is 5.75 Å². The third-order valence-electron chi connectivity index (χ3n) is 3.86. The summed E-state index contributed by atoms with van der Waals surface area (Å²) >= 11 is 12.5. The van der Waals surface area contributed by atoms with Crippen LogP contribution in [0.4, 0.5) is 10.1 Å². The van der Waals surface area contributed by atoms with Crippen molar-refractivity contribution in [2.24, 2.45) is 0 Å². The predicted molar refractivity (Wildman–Crippen MR) is 106 cm³/mol. The molecule has 3 aromatic carbocycles. The molecule has 0 heterocycles. The minimum atomic E-state index is -0.297. The maximum absolute atomic E-state index is 13.3. The smallest absolute Gasteiger partial charge is 0.143 e. The van der Waals surface area contributed by atoms with Crippen LogP contribution >= 0.6 is 23.2 Å². The van der Waals surface area contributed by atoms with Gasteiger partial charge >= 0.3 is 0 Å². The molecule has 0 saturated heterocycles. The number of ether oxygens (including phenoxy) is 1. The Labute approximate surface area is 162 Å². The van der Waals surface area contributed by atoms with E-state index in [1.165, 1.54) is 17.7 Å². The lowest BCUT2D eigenvalue weighted by Gasteiger charge is -2.15. The first-order valence-corrected chi connectivity index (χ1v) is 8.92. The Morgan fingerprint density at radius 2 is 1.81 bits per heavy atom. The highest BCUT2D eigenvalue weighted by Crippen LogP contribution is 2.33. The molecule has 0 bridgehead atoms. The van der Waals surface area contributed by atoms with Crippen molar-refractivity contribution in [3.8, 4) is 5.75 Å². The Kier molecular flexibility index (Phi) is 6.02. The quantitative estimate of drug-likeness (QED) is 0.510. The minimum absolute atomic E-state index is 0.219. The molecule has 0 aliphatic heterocycles. The van der Waals surface area contributed by atoms with E-state index in [2.05, 4.69) is 11.4 Å². The van der Waals surface area contributed by atoms with Crippen molar-refractivity contribution >= 4 is 28.9 Å². The fraction of sp³-hybridized carbons (Fsp3) is 0.143. The fourth-order valence-electron chi connectivity index (χ4n) is 2.64. The highest BCUT2D eigenvalue weighted by molar-refractivity contribution is 6.35. The summed E-state index contributed by atoms with van der Waals surface area (Å²) < 4.78 is 19.2. The van der Waals surface area contributed by atoms with E-state index in [1.807, 2.05) is 31.2 Å². The van der Waals surface area contributed by atoms with Crippen molar-refractivity contribution < 1.29 is 9.13 Å². The lowest BCUT2D eigenvalue weighted by Crippen LogP contribution is -2.05. The van der Waals surface area contributed by atoms with E-state index in [-0.39, 0.29) is 12.4 Å². The average molecular weight is 390 g/mol. The lowest BCUT2D eigenvalue weighted by atomic mass is 10.1. The third kappa shape index (κ3) is 4.90. The first-order valence-electron chi connectivity index (χ1n) is 8.17. The third-order valence-corrected chi connectivity index (χ3v) is 4.36. The number of anilines is 1. The standard InChI is InChI=1S/C21H18Cl2FNO/c1-14-4-2-7-19(8-14)25-12-16-10-17(22)11-20(23)21(16)26-13-15-5-3-6-18(24)9-15/h2-11,25H,12-13H2,1H3. The van der Waals surface area contributed by atoms with E-state index in [4.69, 9.17) is 27.9 Å². The number of halogens is 3. The summed E-state index contributed by atoms with van der Waals surface area (Å²) in [5, 5.41) is 4.31. The van der Waals surface area contributed by atoms with Gasteiger partial charge in [0.2, 0.25) is 0 Å². The van der Waals surface area contributed by atoms with Crippen molar-refractivity contribution in [3.05, 3.63) is 93.2 Å². The second-order valence-corrected chi connectivity index (χ2v) is 6.86. The van der Waals surface area contributed by atoms with Crippen LogP contribution in [0.2, 0.25) is 10.0 Å². The van der Waals surface area contributed by atoms with Crippen molar-refractivity contribution in [1.82, 2.24) is 0 Å². The van der Waals surface area contributed by atoms with Gasteiger partial charge in [-0.05, 0) is 54.4 Å². The molecular formula is C21H18Cl2FNO. The van der Waals surface area contributed by atoms with Gasteiger partial charge in [0.05, 0.1) is 5.02 Å². The Bertz CT molecular complexity index is 914. The van der Waals surface area contributed by atoms with Crippen LogP contribution in [0.15, 0.2) is 60.7 Å². The molecule has 0 aromatic heterocycles. The Balaban J connectivity index is 1.78. The van der Waals surface area contributed by atoms with Gasteiger partial charge in [0.15, 0.2) is 0 Å². The first-order chi connectivity index (χ1) is 12.5. The van der Waals surface area contributed by atoms with Gasteiger partial charge in [0.1, 0.15) is 18.2 Å². The van der Waals surface area contributed by atoms with Crippen LogP contribution in [0, 0.1) is 12.7 Å². The molecule has 0 unspecified atom stereocenters. The van der Waals surface area contributed by atoms with Gasteiger partial charge in [-0.1, -0.05) is 47.5 Å². The van der Waals surface area contributed by atoms with Crippen molar-refractivity contribution in [3.63, 3.8) is 0 Å². The summed E-state index contributed by atoms with van der Waals surface area (Å²) in [4.78, 5) is 0. The molecule has 134 valence electrons. The average Bonchev–Trinajstić information content (AvgIpc) is 2.59.